The van der Waals surface area contributed by atoms with Gasteiger partial charge in [-0.3, -0.25) is 4.79 Å². The second-order valence-electron chi connectivity index (χ2n) is 7.11. The van der Waals surface area contributed by atoms with Crippen molar-refractivity contribution in [2.45, 2.75) is 64.3 Å². The molecule has 2 aliphatic rings. The molecule has 1 aliphatic heterocycles. The lowest BCUT2D eigenvalue weighted by Gasteiger charge is -2.33. The molecule has 1 aliphatic carbocycles. The first-order valence-electron chi connectivity index (χ1n) is 9.10. The molecule has 2 aromatic rings. The van der Waals surface area contributed by atoms with Gasteiger partial charge in [-0.05, 0) is 39.5 Å². The summed E-state index contributed by atoms with van der Waals surface area (Å²) in [5.74, 6) is 3.69. The lowest BCUT2D eigenvalue weighted by Crippen LogP contribution is -2.41. The molecule has 1 saturated carbocycles. The molecule has 4 rings (SSSR count). The highest BCUT2D eigenvalue weighted by atomic mass is 16.5. The summed E-state index contributed by atoms with van der Waals surface area (Å²) in [5, 5.41) is 8.48. The van der Waals surface area contributed by atoms with Crippen molar-refractivity contribution < 1.29 is 9.32 Å². The number of aryl methyl sites for hydroxylation is 3. The van der Waals surface area contributed by atoms with E-state index in [1.54, 1.807) is 0 Å². The number of piperidine rings is 1. The molecule has 3 heterocycles. The number of nitrogens with zero attached hydrogens (tertiary/aromatic N) is 6. The second-order valence-corrected chi connectivity index (χ2v) is 7.11. The zero-order valence-corrected chi connectivity index (χ0v) is 14.8. The van der Waals surface area contributed by atoms with E-state index in [1.165, 1.54) is 0 Å². The Labute approximate surface area is 146 Å². The Morgan fingerprint density at radius 3 is 2.80 bits per heavy atom. The number of hydrogen-bond donors (Lipinski definition) is 0. The van der Waals surface area contributed by atoms with E-state index in [1.807, 2.05) is 23.4 Å². The van der Waals surface area contributed by atoms with Gasteiger partial charge in [0.1, 0.15) is 11.6 Å². The molecule has 25 heavy (non-hydrogen) atoms. The topological polar surface area (TPSA) is 89.9 Å². The van der Waals surface area contributed by atoms with Gasteiger partial charge in [-0.1, -0.05) is 5.16 Å². The predicted octanol–water partition coefficient (Wildman–Crippen LogP) is 1.95. The highest BCUT2D eigenvalue weighted by molar-refractivity contribution is 5.76. The predicted molar refractivity (Wildman–Crippen MR) is 88.9 cm³/mol. The highest BCUT2D eigenvalue weighted by Gasteiger charge is 2.29. The SMILES string of the molecule is Cc1nc(C)n(C2CCCN(C(=O)CCc3nc(C4CC4)no3)C2)n1. The van der Waals surface area contributed by atoms with Crippen molar-refractivity contribution in [3.05, 3.63) is 23.4 Å². The van der Waals surface area contributed by atoms with Crippen LogP contribution in [-0.2, 0) is 11.2 Å². The second kappa shape index (κ2) is 6.57. The summed E-state index contributed by atoms with van der Waals surface area (Å²) in [4.78, 5) is 23.3. The van der Waals surface area contributed by atoms with Crippen molar-refractivity contribution in [1.82, 2.24) is 29.8 Å². The molecule has 1 unspecified atom stereocenters. The molecule has 0 aromatic carbocycles. The van der Waals surface area contributed by atoms with Gasteiger partial charge in [0.05, 0.1) is 6.04 Å². The summed E-state index contributed by atoms with van der Waals surface area (Å²) in [5.41, 5.74) is 0. The Hall–Kier alpha value is -2.25. The Balaban J connectivity index is 1.33. The van der Waals surface area contributed by atoms with E-state index >= 15 is 0 Å². The number of amides is 1. The Kier molecular flexibility index (Phi) is 4.27. The molecule has 1 saturated heterocycles. The van der Waals surface area contributed by atoms with Crippen LogP contribution in [0.25, 0.3) is 0 Å². The first-order valence-corrected chi connectivity index (χ1v) is 9.10. The largest absolute Gasteiger partial charge is 0.341 e. The minimum absolute atomic E-state index is 0.144. The van der Waals surface area contributed by atoms with Crippen LogP contribution in [0.5, 0.6) is 0 Å². The van der Waals surface area contributed by atoms with Crippen LogP contribution in [0.3, 0.4) is 0 Å². The summed E-state index contributed by atoms with van der Waals surface area (Å²) in [6, 6.07) is 0.212. The molecule has 2 aromatic heterocycles. The lowest BCUT2D eigenvalue weighted by atomic mass is 10.1. The number of aromatic nitrogens is 5. The van der Waals surface area contributed by atoms with Gasteiger partial charge in [0.2, 0.25) is 11.8 Å². The maximum atomic E-state index is 12.6. The van der Waals surface area contributed by atoms with Crippen LogP contribution in [-0.4, -0.2) is 48.8 Å². The van der Waals surface area contributed by atoms with E-state index in [0.29, 0.717) is 31.2 Å². The molecular weight excluding hydrogens is 320 g/mol. The molecule has 2 fully saturated rings. The van der Waals surface area contributed by atoms with Crippen molar-refractivity contribution >= 4 is 5.91 Å². The number of carbonyl (C=O) groups is 1. The van der Waals surface area contributed by atoms with E-state index in [0.717, 1.165) is 49.7 Å². The number of carbonyl (C=O) groups excluding carboxylic acids is 1. The molecule has 0 bridgehead atoms. The molecule has 8 heteroatoms. The fourth-order valence-electron chi connectivity index (χ4n) is 3.51. The zero-order valence-electron chi connectivity index (χ0n) is 14.8. The first-order chi connectivity index (χ1) is 12.1. The monoisotopic (exact) mass is 344 g/mol. The van der Waals surface area contributed by atoms with E-state index in [2.05, 4.69) is 20.2 Å². The van der Waals surface area contributed by atoms with E-state index in [-0.39, 0.29) is 11.9 Å². The minimum Gasteiger partial charge on any atom is -0.341 e. The van der Waals surface area contributed by atoms with Crippen LogP contribution in [0.15, 0.2) is 4.52 Å². The van der Waals surface area contributed by atoms with Gasteiger partial charge in [-0.2, -0.15) is 10.1 Å². The lowest BCUT2D eigenvalue weighted by molar-refractivity contribution is -0.133. The zero-order chi connectivity index (χ0) is 17.4. The van der Waals surface area contributed by atoms with E-state index < -0.39 is 0 Å². The van der Waals surface area contributed by atoms with Crippen LogP contribution >= 0.6 is 0 Å². The summed E-state index contributed by atoms with van der Waals surface area (Å²) < 4.78 is 7.23. The number of likely N-dealkylation sites (tertiary alicyclic amines) is 1. The van der Waals surface area contributed by atoms with Gasteiger partial charge in [0.15, 0.2) is 5.82 Å². The number of rotatable bonds is 5. The third-order valence-corrected chi connectivity index (χ3v) is 4.98. The Morgan fingerprint density at radius 1 is 1.24 bits per heavy atom. The summed E-state index contributed by atoms with van der Waals surface area (Å²) in [6.45, 7) is 5.36. The van der Waals surface area contributed by atoms with Crippen LogP contribution in [0, 0.1) is 13.8 Å². The quantitative estimate of drug-likeness (QED) is 0.823. The first kappa shape index (κ1) is 16.2. The molecule has 8 nitrogen and oxygen atoms in total. The van der Waals surface area contributed by atoms with Crippen LogP contribution < -0.4 is 0 Å². The summed E-state index contributed by atoms with van der Waals surface area (Å²) in [6.07, 6.45) is 5.24. The van der Waals surface area contributed by atoms with Gasteiger partial charge in [0.25, 0.3) is 0 Å². The molecule has 0 N–H and O–H groups in total. The van der Waals surface area contributed by atoms with E-state index in [4.69, 9.17) is 4.52 Å². The van der Waals surface area contributed by atoms with Crippen LogP contribution in [0.4, 0.5) is 0 Å². The smallest absolute Gasteiger partial charge is 0.227 e. The molecule has 1 atom stereocenters. The van der Waals surface area contributed by atoms with Crippen molar-refractivity contribution in [2.24, 2.45) is 0 Å². The minimum atomic E-state index is 0.144. The van der Waals surface area contributed by atoms with Crippen LogP contribution in [0.2, 0.25) is 0 Å². The fourth-order valence-corrected chi connectivity index (χ4v) is 3.51. The molecular formula is C17H24N6O2. The van der Waals surface area contributed by atoms with Crippen LogP contribution in [0.1, 0.15) is 67.4 Å². The standard InChI is InChI=1S/C17H24N6O2/c1-11-18-12(2)23(20-11)14-4-3-9-22(10-14)16(24)8-7-15-19-17(21-25-15)13-5-6-13/h13-14H,3-10H2,1-2H3. The van der Waals surface area contributed by atoms with Gasteiger partial charge >= 0.3 is 0 Å². The van der Waals surface area contributed by atoms with Crippen molar-refractivity contribution in [1.29, 1.82) is 0 Å². The molecule has 134 valence electrons. The highest BCUT2D eigenvalue weighted by Crippen LogP contribution is 2.38. The van der Waals surface area contributed by atoms with Gasteiger partial charge in [-0.15, -0.1) is 0 Å². The maximum Gasteiger partial charge on any atom is 0.227 e. The Morgan fingerprint density at radius 2 is 2.08 bits per heavy atom. The average Bonchev–Trinajstić information content (AvgIpc) is 3.25. The average molecular weight is 344 g/mol. The summed E-state index contributed by atoms with van der Waals surface area (Å²) >= 11 is 0. The van der Waals surface area contributed by atoms with Crippen molar-refractivity contribution in [2.75, 3.05) is 13.1 Å². The molecule has 0 radical (unpaired) electrons. The number of hydrogen-bond acceptors (Lipinski definition) is 6. The molecule has 0 spiro atoms. The third kappa shape index (κ3) is 3.57. The van der Waals surface area contributed by atoms with Gasteiger partial charge < -0.3 is 9.42 Å². The van der Waals surface area contributed by atoms with Crippen molar-refractivity contribution in [3.8, 4) is 0 Å². The van der Waals surface area contributed by atoms with Gasteiger partial charge in [-0.25, -0.2) is 9.67 Å². The van der Waals surface area contributed by atoms with Gasteiger partial charge in [0, 0.05) is 31.8 Å². The third-order valence-electron chi connectivity index (χ3n) is 4.98. The van der Waals surface area contributed by atoms with Crippen molar-refractivity contribution in [3.63, 3.8) is 0 Å². The summed E-state index contributed by atoms with van der Waals surface area (Å²) in [7, 11) is 0. The fraction of sp³-hybridized carbons (Fsp3) is 0.706. The van der Waals surface area contributed by atoms with E-state index in [9.17, 15) is 4.79 Å². The Bertz CT molecular complexity index is 763. The molecule has 1 amide bonds. The normalized spacial score (nSPS) is 20.9. The maximum absolute atomic E-state index is 12.6.